The summed E-state index contributed by atoms with van der Waals surface area (Å²) in [4.78, 5) is 11.4. The van der Waals surface area contributed by atoms with Gasteiger partial charge in [0.1, 0.15) is 0 Å². The smallest absolute Gasteiger partial charge is 0.290 e. The Morgan fingerprint density at radius 2 is 2.50 bits per heavy atom. The van der Waals surface area contributed by atoms with Gasteiger partial charge in [-0.15, -0.1) is 0 Å². The summed E-state index contributed by atoms with van der Waals surface area (Å²) >= 11 is 0. The zero-order valence-corrected chi connectivity index (χ0v) is 8.41. The van der Waals surface area contributed by atoms with E-state index in [-0.39, 0.29) is 17.7 Å². The van der Waals surface area contributed by atoms with Gasteiger partial charge in [-0.25, -0.2) is 0 Å². The minimum Gasteiger partial charge on any atom is -0.351 e. The Balaban J connectivity index is 2.40. The molecular weight excluding hydrogens is 182 g/mol. The molecule has 0 aromatic carbocycles. The first-order chi connectivity index (χ1) is 6.61. The highest BCUT2D eigenvalue weighted by Crippen LogP contribution is 2.04. The van der Waals surface area contributed by atoms with Gasteiger partial charge in [-0.2, -0.15) is 0 Å². The second-order valence-corrected chi connectivity index (χ2v) is 3.36. The van der Waals surface area contributed by atoms with Gasteiger partial charge in [-0.1, -0.05) is 5.16 Å². The first kappa shape index (κ1) is 10.7. The van der Waals surface area contributed by atoms with Crippen molar-refractivity contribution in [3.05, 3.63) is 17.5 Å². The van der Waals surface area contributed by atoms with Gasteiger partial charge in [0.25, 0.3) is 5.91 Å². The Labute approximate surface area is 82.6 Å². The number of aryl methyl sites for hydroxylation is 1. The minimum atomic E-state index is -0.236. The van der Waals surface area contributed by atoms with E-state index in [9.17, 15) is 4.79 Å². The fourth-order valence-electron chi connectivity index (χ4n) is 1.00. The van der Waals surface area contributed by atoms with Crippen LogP contribution in [0.1, 0.15) is 29.5 Å². The standard InChI is InChI=1S/C9H15N3O2/c1-6-5-12-14-8(6)9(13)11-4-3-7(2)10/h5,7H,3-4,10H2,1-2H3,(H,11,13). The summed E-state index contributed by atoms with van der Waals surface area (Å²) in [6.07, 6.45) is 2.26. The maximum Gasteiger partial charge on any atom is 0.290 e. The number of hydrogen-bond donors (Lipinski definition) is 2. The van der Waals surface area contributed by atoms with Crippen LogP contribution >= 0.6 is 0 Å². The van der Waals surface area contributed by atoms with Crippen LogP contribution in [-0.4, -0.2) is 23.7 Å². The molecule has 0 radical (unpaired) electrons. The van der Waals surface area contributed by atoms with Gasteiger partial charge in [0.05, 0.1) is 6.20 Å². The average Bonchev–Trinajstić information content (AvgIpc) is 2.50. The van der Waals surface area contributed by atoms with Crippen molar-refractivity contribution in [3.8, 4) is 0 Å². The van der Waals surface area contributed by atoms with Gasteiger partial charge < -0.3 is 15.6 Å². The van der Waals surface area contributed by atoms with E-state index in [1.54, 1.807) is 6.92 Å². The maximum absolute atomic E-state index is 11.4. The maximum atomic E-state index is 11.4. The van der Waals surface area contributed by atoms with Gasteiger partial charge >= 0.3 is 0 Å². The lowest BCUT2D eigenvalue weighted by Gasteiger charge is -2.05. The summed E-state index contributed by atoms with van der Waals surface area (Å²) in [6, 6.07) is 0.0890. The Kier molecular flexibility index (Phi) is 3.64. The van der Waals surface area contributed by atoms with Crippen LogP contribution in [0.25, 0.3) is 0 Å². The van der Waals surface area contributed by atoms with Crippen LogP contribution in [0.4, 0.5) is 0 Å². The summed E-state index contributed by atoms with van der Waals surface area (Å²) in [5, 5.41) is 6.23. The summed E-state index contributed by atoms with van der Waals surface area (Å²) in [6.45, 7) is 4.22. The number of rotatable bonds is 4. The molecule has 0 aliphatic rings. The van der Waals surface area contributed by atoms with E-state index in [0.717, 1.165) is 12.0 Å². The highest BCUT2D eigenvalue weighted by Gasteiger charge is 2.12. The SMILES string of the molecule is Cc1cnoc1C(=O)NCCC(C)N. The van der Waals surface area contributed by atoms with Crippen molar-refractivity contribution in [1.82, 2.24) is 10.5 Å². The molecule has 0 aliphatic carbocycles. The fourth-order valence-corrected chi connectivity index (χ4v) is 1.00. The van der Waals surface area contributed by atoms with Crippen molar-refractivity contribution in [2.45, 2.75) is 26.3 Å². The number of amides is 1. The lowest BCUT2D eigenvalue weighted by molar-refractivity contribution is 0.0915. The highest BCUT2D eigenvalue weighted by atomic mass is 16.5. The van der Waals surface area contributed by atoms with Crippen molar-refractivity contribution in [3.63, 3.8) is 0 Å². The highest BCUT2D eigenvalue weighted by molar-refractivity contribution is 5.92. The number of carbonyl (C=O) groups excluding carboxylic acids is 1. The first-order valence-electron chi connectivity index (χ1n) is 4.56. The second-order valence-electron chi connectivity index (χ2n) is 3.36. The van der Waals surface area contributed by atoms with Crippen LogP contribution < -0.4 is 11.1 Å². The molecule has 5 nitrogen and oxygen atoms in total. The first-order valence-corrected chi connectivity index (χ1v) is 4.56. The largest absolute Gasteiger partial charge is 0.351 e. The number of carbonyl (C=O) groups is 1. The van der Waals surface area contributed by atoms with E-state index < -0.39 is 0 Å². The van der Waals surface area contributed by atoms with E-state index in [1.165, 1.54) is 6.20 Å². The number of nitrogens with two attached hydrogens (primary N) is 1. The van der Waals surface area contributed by atoms with E-state index >= 15 is 0 Å². The van der Waals surface area contributed by atoms with E-state index in [2.05, 4.69) is 10.5 Å². The zero-order valence-electron chi connectivity index (χ0n) is 8.41. The van der Waals surface area contributed by atoms with E-state index in [0.29, 0.717) is 6.54 Å². The number of aromatic nitrogens is 1. The van der Waals surface area contributed by atoms with Crippen molar-refractivity contribution >= 4 is 5.91 Å². The molecule has 0 saturated carbocycles. The molecule has 1 rings (SSSR count). The minimum absolute atomic E-state index is 0.0890. The van der Waals surface area contributed by atoms with Gasteiger partial charge in [0, 0.05) is 18.2 Å². The molecule has 78 valence electrons. The van der Waals surface area contributed by atoms with Gasteiger partial charge in [0.15, 0.2) is 0 Å². The third-order valence-electron chi connectivity index (χ3n) is 1.84. The van der Waals surface area contributed by atoms with Crippen molar-refractivity contribution in [1.29, 1.82) is 0 Å². The van der Waals surface area contributed by atoms with Crippen molar-refractivity contribution < 1.29 is 9.32 Å². The molecule has 0 aliphatic heterocycles. The van der Waals surface area contributed by atoms with Crippen LogP contribution in [0.15, 0.2) is 10.7 Å². The monoisotopic (exact) mass is 197 g/mol. The molecule has 0 bridgehead atoms. The van der Waals surface area contributed by atoms with E-state index in [4.69, 9.17) is 10.3 Å². The average molecular weight is 197 g/mol. The van der Waals surface area contributed by atoms with Gasteiger partial charge in [0.2, 0.25) is 5.76 Å². The molecule has 1 aromatic heterocycles. The Hall–Kier alpha value is -1.36. The molecule has 1 amide bonds. The van der Waals surface area contributed by atoms with Crippen LogP contribution in [-0.2, 0) is 0 Å². The molecule has 14 heavy (non-hydrogen) atoms. The van der Waals surface area contributed by atoms with Gasteiger partial charge in [-0.3, -0.25) is 4.79 Å². The van der Waals surface area contributed by atoms with Gasteiger partial charge in [-0.05, 0) is 20.3 Å². The number of nitrogens with zero attached hydrogens (tertiary/aromatic N) is 1. The van der Waals surface area contributed by atoms with Crippen LogP contribution in [0.3, 0.4) is 0 Å². The Morgan fingerprint density at radius 1 is 1.79 bits per heavy atom. The Morgan fingerprint density at radius 3 is 3.00 bits per heavy atom. The molecule has 1 aromatic rings. The topological polar surface area (TPSA) is 81.2 Å². The normalized spacial score (nSPS) is 12.5. The lowest BCUT2D eigenvalue weighted by Crippen LogP contribution is -2.29. The zero-order chi connectivity index (χ0) is 10.6. The molecule has 0 fully saturated rings. The number of nitrogens with one attached hydrogen (secondary N) is 1. The van der Waals surface area contributed by atoms with E-state index in [1.807, 2.05) is 6.92 Å². The predicted molar refractivity (Wildman–Crippen MR) is 51.8 cm³/mol. The number of hydrogen-bond acceptors (Lipinski definition) is 4. The van der Waals surface area contributed by atoms with Crippen LogP contribution in [0, 0.1) is 6.92 Å². The molecule has 1 atom stereocenters. The summed E-state index contributed by atoms with van der Waals surface area (Å²) in [5.41, 5.74) is 6.28. The summed E-state index contributed by atoms with van der Waals surface area (Å²) < 4.78 is 4.79. The second kappa shape index (κ2) is 4.76. The molecule has 0 saturated heterocycles. The predicted octanol–water partition coefficient (Wildman–Crippen LogP) is 0.450. The van der Waals surface area contributed by atoms with Crippen LogP contribution in [0.2, 0.25) is 0 Å². The molecule has 3 N–H and O–H groups in total. The van der Waals surface area contributed by atoms with Crippen molar-refractivity contribution in [2.24, 2.45) is 5.73 Å². The van der Waals surface area contributed by atoms with Crippen LogP contribution in [0.5, 0.6) is 0 Å². The molecule has 1 unspecified atom stereocenters. The summed E-state index contributed by atoms with van der Waals surface area (Å²) in [7, 11) is 0. The molecule has 1 heterocycles. The lowest BCUT2D eigenvalue weighted by atomic mass is 10.2. The molecule has 0 spiro atoms. The quantitative estimate of drug-likeness (QED) is 0.734. The third kappa shape index (κ3) is 2.85. The third-order valence-corrected chi connectivity index (χ3v) is 1.84. The Bertz CT molecular complexity index is 307. The fraction of sp³-hybridized carbons (Fsp3) is 0.556. The summed E-state index contributed by atoms with van der Waals surface area (Å²) in [5.74, 6) is 0.0373. The molecule has 5 heteroatoms. The molecular formula is C9H15N3O2. The van der Waals surface area contributed by atoms with Crippen molar-refractivity contribution in [2.75, 3.05) is 6.54 Å².